The van der Waals surface area contributed by atoms with Crippen LogP contribution in [0.5, 0.6) is 0 Å². The molecule has 6 heteroatoms. The number of halogens is 4. The van der Waals surface area contributed by atoms with Gasteiger partial charge in [0.25, 0.3) is 0 Å². The number of fused-ring (bicyclic) bond motifs is 4. The summed E-state index contributed by atoms with van der Waals surface area (Å²) < 4.78 is 55.5. The molecular formula is C22H8F4O2. The van der Waals surface area contributed by atoms with Crippen LogP contribution in [0.4, 0.5) is 17.6 Å². The summed E-state index contributed by atoms with van der Waals surface area (Å²) in [5.41, 5.74) is -0.104. The third-order valence-electron chi connectivity index (χ3n) is 5.07. The van der Waals surface area contributed by atoms with E-state index in [0.29, 0.717) is 0 Å². The molecule has 0 spiro atoms. The van der Waals surface area contributed by atoms with Crippen molar-refractivity contribution in [2.75, 3.05) is 0 Å². The van der Waals surface area contributed by atoms with Gasteiger partial charge in [-0.15, -0.1) is 0 Å². The van der Waals surface area contributed by atoms with E-state index in [-0.39, 0.29) is 22.3 Å². The summed E-state index contributed by atoms with van der Waals surface area (Å²) in [6.07, 6.45) is 0. The van der Waals surface area contributed by atoms with Gasteiger partial charge in [-0.25, -0.2) is 17.6 Å². The number of benzene rings is 4. The normalized spacial score (nSPS) is 13.1. The van der Waals surface area contributed by atoms with E-state index in [1.807, 2.05) is 0 Å². The van der Waals surface area contributed by atoms with Crippen LogP contribution in [0.15, 0.2) is 48.5 Å². The molecule has 2 nitrogen and oxygen atoms in total. The smallest absolute Gasteiger partial charge is 0.198 e. The molecule has 0 unspecified atom stereocenters. The van der Waals surface area contributed by atoms with Crippen molar-refractivity contribution in [2.45, 2.75) is 0 Å². The van der Waals surface area contributed by atoms with Gasteiger partial charge >= 0.3 is 0 Å². The zero-order valence-corrected chi connectivity index (χ0v) is 13.9. The summed E-state index contributed by atoms with van der Waals surface area (Å²) in [6.45, 7) is 0. The third-order valence-corrected chi connectivity index (χ3v) is 5.07. The zero-order chi connectivity index (χ0) is 19.7. The summed E-state index contributed by atoms with van der Waals surface area (Å²) in [6, 6.07) is 12.0. The van der Waals surface area contributed by atoms with Gasteiger partial charge in [-0.05, 0) is 35.0 Å². The second-order valence-electron chi connectivity index (χ2n) is 6.60. The highest BCUT2D eigenvalue weighted by Gasteiger charge is 2.32. The van der Waals surface area contributed by atoms with Gasteiger partial charge in [-0.2, -0.15) is 0 Å². The topological polar surface area (TPSA) is 34.1 Å². The molecule has 28 heavy (non-hydrogen) atoms. The van der Waals surface area contributed by atoms with Gasteiger partial charge in [-0.1, -0.05) is 24.3 Å². The highest BCUT2D eigenvalue weighted by atomic mass is 19.2. The van der Waals surface area contributed by atoms with Gasteiger partial charge in [0.15, 0.2) is 34.8 Å². The van der Waals surface area contributed by atoms with Crippen molar-refractivity contribution in [3.63, 3.8) is 0 Å². The van der Waals surface area contributed by atoms with Gasteiger partial charge in [-0.3, -0.25) is 9.59 Å². The second-order valence-corrected chi connectivity index (χ2v) is 6.60. The summed E-state index contributed by atoms with van der Waals surface area (Å²) >= 11 is 0. The number of carbonyl (C=O) groups excluding carboxylic acids is 2. The van der Waals surface area contributed by atoms with Crippen LogP contribution in [-0.2, 0) is 0 Å². The third kappa shape index (κ3) is 2.03. The van der Waals surface area contributed by atoms with E-state index in [9.17, 15) is 27.2 Å². The first kappa shape index (κ1) is 16.6. The number of hydrogen-bond acceptors (Lipinski definition) is 2. The molecule has 1 aliphatic rings. The van der Waals surface area contributed by atoms with Crippen molar-refractivity contribution in [2.24, 2.45) is 0 Å². The van der Waals surface area contributed by atoms with Crippen molar-refractivity contribution in [3.05, 3.63) is 94.1 Å². The first-order valence-electron chi connectivity index (χ1n) is 8.30. The highest BCUT2D eigenvalue weighted by molar-refractivity contribution is 6.30. The molecule has 4 aromatic carbocycles. The Balaban J connectivity index is 1.86. The Morgan fingerprint density at radius 2 is 0.857 bits per heavy atom. The first-order chi connectivity index (χ1) is 13.4. The van der Waals surface area contributed by atoms with Crippen LogP contribution in [0.2, 0.25) is 0 Å². The summed E-state index contributed by atoms with van der Waals surface area (Å²) in [7, 11) is 0. The second kappa shape index (κ2) is 5.48. The number of hydrogen-bond donors (Lipinski definition) is 0. The zero-order valence-electron chi connectivity index (χ0n) is 13.9. The molecule has 0 saturated heterocycles. The SMILES string of the molecule is O=C1c2cc3ccccc3cc2C(=O)c2cc3c(F)c(F)c(F)c(F)c3cc21. The predicted molar refractivity (Wildman–Crippen MR) is 94.6 cm³/mol. The lowest BCUT2D eigenvalue weighted by Crippen LogP contribution is -2.21. The van der Waals surface area contributed by atoms with Crippen molar-refractivity contribution in [1.29, 1.82) is 0 Å². The fourth-order valence-corrected chi connectivity index (χ4v) is 3.67. The molecule has 0 aromatic heterocycles. The maximum absolute atomic E-state index is 14.2. The van der Waals surface area contributed by atoms with Crippen LogP contribution in [0.3, 0.4) is 0 Å². The monoisotopic (exact) mass is 380 g/mol. The summed E-state index contributed by atoms with van der Waals surface area (Å²) in [4.78, 5) is 25.9. The van der Waals surface area contributed by atoms with Crippen LogP contribution in [-0.4, -0.2) is 11.6 Å². The largest absolute Gasteiger partial charge is 0.289 e. The molecule has 0 fully saturated rings. The average molecular weight is 380 g/mol. The standard InChI is InChI=1S/C22H8F4O2/c23-17-11-7-15-16(8-12(11)18(24)20(26)19(17)25)22(28)14-6-10-4-2-1-3-9(10)5-13(14)21(15)27/h1-8H. The van der Waals surface area contributed by atoms with Gasteiger partial charge in [0.05, 0.1) is 0 Å². The Morgan fingerprint density at radius 1 is 0.500 bits per heavy atom. The minimum absolute atomic E-state index is 0.124. The lowest BCUT2D eigenvalue weighted by atomic mass is 9.81. The molecule has 0 atom stereocenters. The quantitative estimate of drug-likeness (QED) is 0.207. The molecule has 4 aromatic rings. The van der Waals surface area contributed by atoms with Gasteiger partial charge < -0.3 is 0 Å². The van der Waals surface area contributed by atoms with Gasteiger partial charge in [0.1, 0.15) is 0 Å². The van der Waals surface area contributed by atoms with Gasteiger partial charge in [0, 0.05) is 33.0 Å². The Morgan fingerprint density at radius 3 is 1.25 bits per heavy atom. The molecule has 0 saturated carbocycles. The van der Waals surface area contributed by atoms with E-state index in [4.69, 9.17) is 0 Å². The highest BCUT2D eigenvalue weighted by Crippen LogP contribution is 2.35. The molecule has 0 heterocycles. The van der Waals surface area contributed by atoms with Crippen LogP contribution < -0.4 is 0 Å². The lowest BCUT2D eigenvalue weighted by Gasteiger charge is -2.19. The van der Waals surface area contributed by atoms with Gasteiger partial charge in [0.2, 0.25) is 0 Å². The average Bonchev–Trinajstić information content (AvgIpc) is 2.72. The minimum Gasteiger partial charge on any atom is -0.289 e. The maximum Gasteiger partial charge on any atom is 0.198 e. The Bertz CT molecular complexity index is 1280. The van der Waals surface area contributed by atoms with Crippen LogP contribution >= 0.6 is 0 Å². The van der Waals surface area contributed by atoms with Crippen molar-refractivity contribution in [3.8, 4) is 0 Å². The number of rotatable bonds is 0. The summed E-state index contributed by atoms with van der Waals surface area (Å²) in [5.74, 6) is -8.29. The van der Waals surface area contributed by atoms with Crippen molar-refractivity contribution in [1.82, 2.24) is 0 Å². The number of carbonyl (C=O) groups is 2. The first-order valence-corrected chi connectivity index (χ1v) is 8.30. The maximum atomic E-state index is 14.2. The molecule has 0 radical (unpaired) electrons. The van der Waals surface area contributed by atoms with Crippen LogP contribution in [0.25, 0.3) is 21.5 Å². The molecule has 0 amide bonds. The van der Waals surface area contributed by atoms with Crippen LogP contribution in [0, 0.1) is 23.3 Å². The Labute approximate surface area is 155 Å². The van der Waals surface area contributed by atoms with E-state index in [0.717, 1.165) is 22.9 Å². The van der Waals surface area contributed by atoms with Crippen molar-refractivity contribution >= 4 is 33.1 Å². The minimum atomic E-state index is -1.97. The fraction of sp³-hybridized carbons (Fsp3) is 0. The lowest BCUT2D eigenvalue weighted by molar-refractivity contribution is 0.0979. The molecule has 0 N–H and O–H groups in total. The summed E-state index contributed by atoms with van der Waals surface area (Å²) in [5, 5.41) is 0.273. The molecule has 136 valence electrons. The van der Waals surface area contributed by atoms with E-state index < -0.39 is 45.6 Å². The van der Waals surface area contributed by atoms with E-state index in [2.05, 4.69) is 0 Å². The molecule has 1 aliphatic carbocycles. The van der Waals surface area contributed by atoms with Crippen LogP contribution in [0.1, 0.15) is 31.8 Å². The van der Waals surface area contributed by atoms with Crippen molar-refractivity contribution < 1.29 is 27.2 Å². The Hall–Kier alpha value is -3.54. The Kier molecular flexibility index (Phi) is 3.25. The predicted octanol–water partition coefficient (Wildman–Crippen LogP) is 5.32. The van der Waals surface area contributed by atoms with E-state index >= 15 is 0 Å². The number of ketones is 2. The van der Waals surface area contributed by atoms with E-state index in [1.54, 1.807) is 36.4 Å². The molecular weight excluding hydrogens is 372 g/mol. The fourth-order valence-electron chi connectivity index (χ4n) is 3.67. The van der Waals surface area contributed by atoms with E-state index in [1.165, 1.54) is 0 Å². The molecule has 0 aliphatic heterocycles. The molecule has 5 rings (SSSR count). The molecule has 0 bridgehead atoms.